The van der Waals surface area contributed by atoms with Crippen LogP contribution in [0.15, 0.2) is 65.2 Å². The van der Waals surface area contributed by atoms with Crippen molar-refractivity contribution in [3.8, 4) is 45.1 Å². The van der Waals surface area contributed by atoms with Gasteiger partial charge in [-0.05, 0) is 17.7 Å². The first-order valence-corrected chi connectivity index (χ1v) is 17.5. The third-order valence-electron chi connectivity index (χ3n) is 9.38. The minimum absolute atomic E-state index is 0.00000788. The number of methoxy groups -OCH3 is 5. The first-order chi connectivity index (χ1) is 25.0. The molecule has 3 atom stereocenters. The summed E-state index contributed by atoms with van der Waals surface area (Å²) < 4.78 is 33.9. The molecule has 0 saturated carbocycles. The molecule has 0 saturated heterocycles. The van der Waals surface area contributed by atoms with Crippen LogP contribution < -0.4 is 33.7 Å². The normalized spacial score (nSPS) is 18.5. The molecule has 0 bridgehead atoms. The minimum Gasteiger partial charge on any atom is -0.507 e. The molecule has 0 radical (unpaired) electrons. The number of allylic oxidation sites excluding steroid dienone is 1. The number of aliphatic hydroxyl groups excluding tert-OH is 1. The van der Waals surface area contributed by atoms with Gasteiger partial charge in [0.1, 0.15) is 27.1 Å². The van der Waals surface area contributed by atoms with Crippen molar-refractivity contribution in [3.63, 3.8) is 0 Å². The first kappa shape index (κ1) is 36.5. The highest BCUT2D eigenvalue weighted by Crippen LogP contribution is 2.56. The van der Waals surface area contributed by atoms with E-state index in [-0.39, 0.29) is 70.0 Å². The zero-order valence-electron chi connectivity index (χ0n) is 29.3. The van der Waals surface area contributed by atoms with Gasteiger partial charge in [-0.25, -0.2) is 4.98 Å². The monoisotopic (exact) mass is 748 g/mol. The number of hydrogen-bond donors (Lipinski definition) is 2. The number of hydrogen-bond acceptors (Lipinski definition) is 12. The second kappa shape index (κ2) is 14.8. The summed E-state index contributed by atoms with van der Waals surface area (Å²) in [5.41, 5.74) is -0.249. The smallest absolute Gasteiger partial charge is 0.231 e. The van der Waals surface area contributed by atoms with E-state index in [2.05, 4.69) is 10.3 Å². The zero-order valence-corrected chi connectivity index (χ0v) is 30.9. The fourth-order valence-electron chi connectivity index (χ4n) is 6.78. The fraction of sp³-hybridized carbons (Fsp3) is 0.316. The second-order valence-corrected chi connectivity index (χ2v) is 13.5. The molecule has 3 aromatic carbocycles. The average molecular weight is 749 g/mol. The number of amides is 1. The van der Waals surface area contributed by atoms with Crippen molar-refractivity contribution in [1.29, 1.82) is 0 Å². The zero-order chi connectivity index (χ0) is 37.3. The molecule has 1 aliphatic carbocycles. The number of rotatable bonds is 12. The third-order valence-corrected chi connectivity index (χ3v) is 10.7. The summed E-state index contributed by atoms with van der Waals surface area (Å²) in [6, 6.07) is 14.3. The van der Waals surface area contributed by atoms with Gasteiger partial charge in [0.25, 0.3) is 0 Å². The molecule has 1 spiro atoms. The highest BCUT2D eigenvalue weighted by atomic mass is 35.5. The highest BCUT2D eigenvalue weighted by Gasteiger charge is 2.61. The number of ketones is 2. The Labute approximate surface area is 309 Å². The Morgan fingerprint density at radius 3 is 2.27 bits per heavy atom. The van der Waals surface area contributed by atoms with Crippen LogP contribution in [0.3, 0.4) is 0 Å². The number of fused-ring (bicyclic) bond motifs is 1. The van der Waals surface area contributed by atoms with Gasteiger partial charge in [0.05, 0.1) is 47.8 Å². The standard InChI is InChI=1S/C38H37ClN2O10S/c1-19-12-24(42)30(35(44)38(19)36(45)31-25(46-2)16-26(47-3)32(39)34(31)51-38)23(21-13-27(48-4)33(50-6)28(14-21)49-5)15-29(43)40-17-22-18-52-37(41-22)20-10-8-7-9-11-20/h7-11,13-14,16,18-19,23,44H,12,15,17H2,1-6H3,(H,40,43). The number of carbonyl (C=O) groups is 3. The summed E-state index contributed by atoms with van der Waals surface area (Å²) >= 11 is 8.09. The van der Waals surface area contributed by atoms with Gasteiger partial charge in [0, 0.05) is 47.3 Å². The highest BCUT2D eigenvalue weighted by molar-refractivity contribution is 7.13. The largest absolute Gasteiger partial charge is 0.507 e. The van der Waals surface area contributed by atoms with Gasteiger partial charge in [-0.3, -0.25) is 14.4 Å². The number of Topliss-reactive ketones (excluding diaryl/α,β-unsaturated/α-hetero) is 2. The van der Waals surface area contributed by atoms with Crippen molar-refractivity contribution in [2.45, 2.75) is 37.8 Å². The number of nitrogens with zero attached hydrogens (tertiary/aromatic N) is 1. The van der Waals surface area contributed by atoms with Crippen molar-refractivity contribution in [1.82, 2.24) is 10.3 Å². The molecule has 0 fully saturated rings. The van der Waals surface area contributed by atoms with Crippen LogP contribution in [-0.2, 0) is 16.1 Å². The van der Waals surface area contributed by atoms with Gasteiger partial charge < -0.3 is 38.8 Å². The molecule has 12 nitrogen and oxygen atoms in total. The topological polar surface area (TPSA) is 152 Å². The lowest BCUT2D eigenvalue weighted by atomic mass is 9.69. The number of halogens is 1. The van der Waals surface area contributed by atoms with E-state index in [0.29, 0.717) is 11.3 Å². The summed E-state index contributed by atoms with van der Waals surface area (Å²) in [5, 5.41) is 17.8. The summed E-state index contributed by atoms with van der Waals surface area (Å²) in [5.74, 6) is -3.09. The third kappa shape index (κ3) is 6.17. The van der Waals surface area contributed by atoms with Crippen LogP contribution in [0, 0.1) is 5.92 Å². The number of ether oxygens (including phenoxy) is 6. The minimum atomic E-state index is -2.06. The predicted octanol–water partition coefficient (Wildman–Crippen LogP) is 6.73. The molecule has 1 aromatic heterocycles. The molecule has 52 heavy (non-hydrogen) atoms. The number of thiazole rings is 1. The van der Waals surface area contributed by atoms with E-state index >= 15 is 0 Å². The van der Waals surface area contributed by atoms with Crippen LogP contribution >= 0.6 is 22.9 Å². The van der Waals surface area contributed by atoms with Crippen molar-refractivity contribution in [2.24, 2.45) is 5.92 Å². The van der Waals surface area contributed by atoms with E-state index in [9.17, 15) is 19.5 Å². The van der Waals surface area contributed by atoms with Gasteiger partial charge in [-0.2, -0.15) is 0 Å². The summed E-state index contributed by atoms with van der Waals surface area (Å²) in [6.45, 7) is 1.74. The molecule has 272 valence electrons. The Morgan fingerprint density at radius 1 is 1.00 bits per heavy atom. The van der Waals surface area contributed by atoms with E-state index in [1.54, 1.807) is 19.1 Å². The number of benzene rings is 3. The number of aliphatic hydroxyl groups is 1. The Morgan fingerprint density at radius 2 is 1.65 bits per heavy atom. The molecule has 2 heterocycles. The first-order valence-electron chi connectivity index (χ1n) is 16.2. The van der Waals surface area contributed by atoms with Crippen molar-refractivity contribution in [2.75, 3.05) is 35.5 Å². The van der Waals surface area contributed by atoms with Crippen LogP contribution in [0.25, 0.3) is 10.6 Å². The van der Waals surface area contributed by atoms with Crippen LogP contribution in [0.2, 0.25) is 5.02 Å². The second-order valence-electron chi connectivity index (χ2n) is 12.3. The van der Waals surface area contributed by atoms with Gasteiger partial charge in [0.15, 0.2) is 28.8 Å². The molecule has 4 aromatic rings. The molecule has 1 aliphatic heterocycles. The lowest BCUT2D eigenvalue weighted by Gasteiger charge is -2.38. The molecule has 14 heteroatoms. The maximum absolute atomic E-state index is 14.5. The lowest BCUT2D eigenvalue weighted by Crippen LogP contribution is -2.53. The Bertz CT molecular complexity index is 2060. The molecule has 1 amide bonds. The van der Waals surface area contributed by atoms with Crippen LogP contribution in [-0.4, -0.2) is 68.7 Å². The summed E-state index contributed by atoms with van der Waals surface area (Å²) in [7, 11) is 7.11. The maximum atomic E-state index is 14.5. The number of carbonyl (C=O) groups excluding carboxylic acids is 3. The van der Waals surface area contributed by atoms with Crippen LogP contribution in [0.1, 0.15) is 47.3 Å². The van der Waals surface area contributed by atoms with Gasteiger partial charge in [-0.15, -0.1) is 11.3 Å². The van der Waals surface area contributed by atoms with E-state index in [0.717, 1.165) is 10.6 Å². The predicted molar refractivity (Wildman–Crippen MR) is 194 cm³/mol. The molecule has 3 unspecified atom stereocenters. The van der Waals surface area contributed by atoms with Crippen molar-refractivity contribution >= 4 is 40.4 Å². The molecule has 6 rings (SSSR count). The molecular formula is C38H37ClN2O10S. The van der Waals surface area contributed by atoms with Gasteiger partial charge >= 0.3 is 0 Å². The SMILES string of the molecule is COc1cc(OC)c2c(c1Cl)OC1(C2=O)C(O)=C(C(CC(=O)NCc2csc(-c3ccccc3)n2)c2cc(OC)c(OC)c(OC)c2)C(=O)CC1C. The Kier molecular flexibility index (Phi) is 10.4. The summed E-state index contributed by atoms with van der Waals surface area (Å²) in [6.07, 6.45) is -0.511. The molecular weight excluding hydrogens is 712 g/mol. The Balaban J connectivity index is 1.43. The van der Waals surface area contributed by atoms with Crippen LogP contribution in [0.5, 0.6) is 34.5 Å². The average Bonchev–Trinajstić information content (AvgIpc) is 3.76. The molecule has 2 N–H and O–H groups in total. The number of nitrogens with one attached hydrogen (secondary N) is 1. The Hall–Kier alpha value is -5.27. The van der Waals surface area contributed by atoms with Crippen molar-refractivity contribution < 1.29 is 47.9 Å². The van der Waals surface area contributed by atoms with E-state index in [4.69, 9.17) is 40.0 Å². The quantitative estimate of drug-likeness (QED) is 0.159. The lowest BCUT2D eigenvalue weighted by molar-refractivity contribution is -0.122. The summed E-state index contributed by atoms with van der Waals surface area (Å²) in [4.78, 5) is 47.0. The van der Waals surface area contributed by atoms with Gasteiger partial charge in [0.2, 0.25) is 23.0 Å². The van der Waals surface area contributed by atoms with Crippen LogP contribution in [0.4, 0.5) is 0 Å². The van der Waals surface area contributed by atoms with E-state index in [1.165, 1.54) is 53.0 Å². The van der Waals surface area contributed by atoms with Gasteiger partial charge in [-0.1, -0.05) is 48.9 Å². The molecule has 2 aliphatic rings. The maximum Gasteiger partial charge on any atom is 0.231 e. The van der Waals surface area contributed by atoms with E-state index < -0.39 is 40.7 Å². The van der Waals surface area contributed by atoms with Crippen molar-refractivity contribution in [3.05, 3.63) is 87.1 Å². The van der Waals surface area contributed by atoms with E-state index in [1.807, 2.05) is 35.7 Å². The fourth-order valence-corrected chi connectivity index (χ4v) is 7.87. The number of aromatic nitrogens is 1.